The zero-order chi connectivity index (χ0) is 23.3. The van der Waals surface area contributed by atoms with Crippen LogP contribution >= 0.6 is 0 Å². The minimum atomic E-state index is -1.20. The zero-order valence-corrected chi connectivity index (χ0v) is 20.4. The van der Waals surface area contributed by atoms with Crippen LogP contribution in [0.4, 0.5) is 10.2 Å². The third kappa shape index (κ3) is 6.40. The number of carbonyl (C=O) groups excluding carboxylic acids is 1. The van der Waals surface area contributed by atoms with Crippen molar-refractivity contribution in [1.82, 2.24) is 9.55 Å². The van der Waals surface area contributed by atoms with Gasteiger partial charge in [0.05, 0.1) is 18.7 Å². The van der Waals surface area contributed by atoms with Gasteiger partial charge < -0.3 is 24.0 Å². The molecule has 1 aliphatic heterocycles. The van der Waals surface area contributed by atoms with E-state index in [-0.39, 0.29) is 17.7 Å². The number of piperidine rings is 1. The lowest BCUT2D eigenvalue weighted by molar-refractivity contribution is -0.150. The van der Waals surface area contributed by atoms with E-state index in [9.17, 15) is 14.3 Å². The van der Waals surface area contributed by atoms with Gasteiger partial charge in [-0.15, -0.1) is 0 Å². The van der Waals surface area contributed by atoms with Crippen LogP contribution in [0.1, 0.15) is 19.8 Å². The van der Waals surface area contributed by atoms with Gasteiger partial charge in [0.1, 0.15) is 30.4 Å². The predicted octanol–water partition coefficient (Wildman–Crippen LogP) is 4.10. The lowest BCUT2D eigenvalue weighted by Crippen LogP contribution is -2.45. The fraction of sp³-hybridized carbons (Fsp3) is 0.565. The molecule has 2 heterocycles. The van der Waals surface area contributed by atoms with Crippen LogP contribution in [-0.4, -0.2) is 54.7 Å². The number of imidazole rings is 1. The number of halogens is 1. The van der Waals surface area contributed by atoms with Crippen LogP contribution in [0.5, 0.6) is 0 Å². The van der Waals surface area contributed by atoms with Gasteiger partial charge in [-0.25, -0.2) is 9.37 Å². The Bertz CT molecular complexity index is 898. The molecule has 1 saturated heterocycles. The number of nitrogens with zero attached hydrogens (tertiary/aromatic N) is 3. The van der Waals surface area contributed by atoms with E-state index in [1.54, 1.807) is 24.0 Å². The first-order valence-electron chi connectivity index (χ1n) is 11.2. The van der Waals surface area contributed by atoms with Gasteiger partial charge in [0.15, 0.2) is 0 Å². The van der Waals surface area contributed by atoms with Crippen molar-refractivity contribution in [3.05, 3.63) is 36.3 Å². The van der Waals surface area contributed by atoms with Crippen molar-refractivity contribution >= 4 is 19.9 Å². The fourth-order valence-electron chi connectivity index (χ4n) is 3.69. The van der Waals surface area contributed by atoms with Crippen LogP contribution < -0.4 is 4.90 Å². The van der Waals surface area contributed by atoms with Crippen LogP contribution in [0.15, 0.2) is 30.5 Å². The molecule has 2 unspecified atom stereocenters. The summed E-state index contributed by atoms with van der Waals surface area (Å²) in [5.74, 6) is 0.361. The number of carbonyl (C=O) groups is 1. The summed E-state index contributed by atoms with van der Waals surface area (Å²) in [6.07, 6.45) is 1.89. The summed E-state index contributed by atoms with van der Waals surface area (Å²) in [7, 11) is -1.20. The largest absolute Gasteiger partial charge is 0.466 e. The van der Waals surface area contributed by atoms with Crippen molar-refractivity contribution in [3.63, 3.8) is 0 Å². The number of aliphatic hydroxyl groups is 1. The van der Waals surface area contributed by atoms with Crippen LogP contribution in [0.3, 0.4) is 0 Å². The number of aliphatic hydroxyl groups excluding tert-OH is 1. The summed E-state index contributed by atoms with van der Waals surface area (Å²) in [5.41, 5.74) is 0.766. The smallest absolute Gasteiger partial charge is 0.309 e. The molecule has 7 nitrogen and oxygen atoms in total. The third-order valence-corrected chi connectivity index (χ3v) is 7.28. The van der Waals surface area contributed by atoms with Crippen molar-refractivity contribution in [1.29, 1.82) is 0 Å². The van der Waals surface area contributed by atoms with E-state index < -0.39 is 14.3 Å². The molecule has 2 aromatic rings. The number of aromatic nitrogens is 2. The topological polar surface area (TPSA) is 76.8 Å². The van der Waals surface area contributed by atoms with Crippen LogP contribution in [0.25, 0.3) is 11.4 Å². The molecule has 1 N–H and O–H groups in total. The van der Waals surface area contributed by atoms with Gasteiger partial charge in [-0.1, -0.05) is 19.6 Å². The number of hydrogen-bond acceptors (Lipinski definition) is 6. The predicted molar refractivity (Wildman–Crippen MR) is 124 cm³/mol. The second-order valence-corrected chi connectivity index (χ2v) is 15.0. The molecule has 1 aromatic carbocycles. The summed E-state index contributed by atoms with van der Waals surface area (Å²) >= 11 is 0. The quantitative estimate of drug-likeness (QED) is 0.343. The Kier molecular flexibility index (Phi) is 8.08. The SMILES string of the molecule is CCOC(=O)C1CCN(c2cn(COCC[Si](C)(C)C)c(-c3ccc(F)cc3)n2)C(O)C1. The number of anilines is 1. The van der Waals surface area contributed by atoms with E-state index in [1.165, 1.54) is 12.1 Å². The maximum absolute atomic E-state index is 13.4. The van der Waals surface area contributed by atoms with Crippen molar-refractivity contribution in [2.24, 2.45) is 5.92 Å². The monoisotopic (exact) mass is 463 g/mol. The van der Waals surface area contributed by atoms with Crippen molar-refractivity contribution < 1.29 is 23.8 Å². The molecule has 1 fully saturated rings. The summed E-state index contributed by atoms with van der Waals surface area (Å²) < 4.78 is 26.4. The molecule has 0 saturated carbocycles. The Morgan fingerprint density at radius 3 is 2.62 bits per heavy atom. The third-order valence-electron chi connectivity index (χ3n) is 5.58. The zero-order valence-electron chi connectivity index (χ0n) is 19.4. The van der Waals surface area contributed by atoms with E-state index >= 15 is 0 Å². The Balaban J connectivity index is 1.77. The van der Waals surface area contributed by atoms with Gasteiger partial charge in [0.2, 0.25) is 0 Å². The average Bonchev–Trinajstić information content (AvgIpc) is 3.15. The van der Waals surface area contributed by atoms with Gasteiger partial charge >= 0.3 is 5.97 Å². The first-order valence-corrected chi connectivity index (χ1v) is 14.9. The minimum absolute atomic E-state index is 0.264. The number of hydrogen-bond donors (Lipinski definition) is 1. The highest BCUT2D eigenvalue weighted by Crippen LogP contribution is 2.30. The molecule has 0 spiro atoms. The molecule has 1 aromatic heterocycles. The second-order valence-electron chi connectivity index (χ2n) is 9.39. The van der Waals surface area contributed by atoms with Crippen LogP contribution in [0.2, 0.25) is 25.7 Å². The lowest BCUT2D eigenvalue weighted by atomic mass is 9.95. The van der Waals surface area contributed by atoms with Gasteiger partial charge in [-0.2, -0.15) is 0 Å². The van der Waals surface area contributed by atoms with Crippen LogP contribution in [0, 0.1) is 11.7 Å². The molecule has 2 atom stereocenters. The number of benzene rings is 1. The lowest BCUT2D eigenvalue weighted by Gasteiger charge is -2.35. The normalized spacial score (nSPS) is 19.2. The second kappa shape index (κ2) is 10.6. The van der Waals surface area contributed by atoms with Crippen LogP contribution in [-0.2, 0) is 21.0 Å². The number of rotatable bonds is 9. The highest BCUT2D eigenvalue weighted by Gasteiger charge is 2.33. The molecule has 0 bridgehead atoms. The summed E-state index contributed by atoms with van der Waals surface area (Å²) in [4.78, 5) is 18.6. The maximum atomic E-state index is 13.4. The molecule has 1 aliphatic rings. The van der Waals surface area contributed by atoms with E-state index in [0.29, 0.717) is 51.0 Å². The number of ether oxygens (including phenoxy) is 2. The minimum Gasteiger partial charge on any atom is -0.466 e. The molecular formula is C23H34FN3O4Si. The molecule has 32 heavy (non-hydrogen) atoms. The van der Waals surface area contributed by atoms with E-state index in [1.807, 2.05) is 10.8 Å². The van der Waals surface area contributed by atoms with Gasteiger partial charge in [-0.3, -0.25) is 4.79 Å². The Morgan fingerprint density at radius 1 is 1.28 bits per heavy atom. The van der Waals surface area contributed by atoms with E-state index in [0.717, 1.165) is 11.6 Å². The molecule has 176 valence electrons. The molecule has 3 rings (SSSR count). The highest BCUT2D eigenvalue weighted by molar-refractivity contribution is 6.76. The van der Waals surface area contributed by atoms with E-state index in [2.05, 4.69) is 19.6 Å². The van der Waals surface area contributed by atoms with Gasteiger partial charge in [-0.05, 0) is 43.7 Å². The summed E-state index contributed by atoms with van der Waals surface area (Å²) in [6, 6.07) is 7.23. The number of esters is 1. The Labute approximate surface area is 190 Å². The Morgan fingerprint density at radius 2 is 2.00 bits per heavy atom. The molecule has 0 aliphatic carbocycles. The molecule has 0 radical (unpaired) electrons. The van der Waals surface area contributed by atoms with Crippen molar-refractivity contribution in [2.75, 3.05) is 24.7 Å². The first kappa shape index (κ1) is 24.4. The molecule has 0 amide bonds. The van der Waals surface area contributed by atoms with Crippen molar-refractivity contribution in [2.45, 2.75) is 58.4 Å². The average molecular weight is 464 g/mol. The summed E-state index contributed by atoms with van der Waals surface area (Å²) in [6.45, 7) is 10.5. The first-order chi connectivity index (χ1) is 15.2. The van der Waals surface area contributed by atoms with E-state index in [4.69, 9.17) is 14.5 Å². The van der Waals surface area contributed by atoms with Gasteiger partial charge in [0.25, 0.3) is 0 Å². The summed E-state index contributed by atoms with van der Waals surface area (Å²) in [5, 5.41) is 10.7. The highest BCUT2D eigenvalue weighted by atomic mass is 28.3. The maximum Gasteiger partial charge on any atom is 0.309 e. The molecular weight excluding hydrogens is 429 g/mol. The Hall–Kier alpha value is -2.23. The van der Waals surface area contributed by atoms with Crippen molar-refractivity contribution in [3.8, 4) is 11.4 Å². The standard InChI is InChI=1S/C23H34FN3O4Si/c1-5-31-23(29)18-10-11-27(21(28)14-18)20-15-26(16-30-12-13-32(2,3)4)22(25-20)17-6-8-19(24)9-7-17/h6-9,15,18,21,28H,5,10-14,16H2,1-4H3. The fourth-order valence-corrected chi connectivity index (χ4v) is 4.45. The molecule has 9 heteroatoms. The van der Waals surface area contributed by atoms with Gasteiger partial charge in [0, 0.05) is 33.2 Å².